The molecule has 88 valence electrons. The fourth-order valence-corrected chi connectivity index (χ4v) is 1.46. The van der Waals surface area contributed by atoms with E-state index in [0.717, 1.165) is 17.5 Å². The molecule has 1 aromatic heterocycles. The number of anilines is 2. The van der Waals surface area contributed by atoms with Gasteiger partial charge in [-0.1, -0.05) is 0 Å². The Morgan fingerprint density at radius 2 is 2.12 bits per heavy atom. The lowest BCUT2D eigenvalue weighted by molar-refractivity contribution is 0.795. The van der Waals surface area contributed by atoms with E-state index < -0.39 is 0 Å². The van der Waals surface area contributed by atoms with Gasteiger partial charge in [0.05, 0.1) is 0 Å². The molecule has 4 N–H and O–H groups in total. The van der Waals surface area contributed by atoms with Crippen molar-refractivity contribution in [3.8, 4) is 0 Å². The van der Waals surface area contributed by atoms with Crippen LogP contribution in [0.1, 0.15) is 25.6 Å². The molecule has 2 rings (SSSR count). The molecule has 0 radical (unpaired) electrons. The predicted octanol–water partition coefficient (Wildman–Crippen LogP) is 1.12. The number of rotatable bonds is 5. The Morgan fingerprint density at radius 1 is 1.44 bits per heavy atom. The molecule has 0 bridgehead atoms. The zero-order valence-electron chi connectivity index (χ0n) is 9.83. The highest BCUT2D eigenvalue weighted by Crippen LogP contribution is 2.24. The van der Waals surface area contributed by atoms with Crippen LogP contribution in [0.25, 0.3) is 0 Å². The minimum atomic E-state index is 0.225. The standard InChI is InChI=1S/C11H19N5/c1-7(6-12)13-10-5-11(15-8(2)14-10)16-9-3-4-9/h5,7,9H,3-4,6,12H2,1-2H3,(H2,13,14,15,16). The van der Waals surface area contributed by atoms with E-state index in [1.54, 1.807) is 0 Å². The average Bonchev–Trinajstić information content (AvgIpc) is 3.00. The Hall–Kier alpha value is -1.36. The Balaban J connectivity index is 2.07. The van der Waals surface area contributed by atoms with Crippen molar-refractivity contribution in [3.05, 3.63) is 11.9 Å². The SMILES string of the molecule is Cc1nc(NC(C)CN)cc(NC2CC2)n1. The van der Waals surface area contributed by atoms with E-state index in [-0.39, 0.29) is 6.04 Å². The quantitative estimate of drug-likeness (QED) is 0.694. The molecule has 0 aromatic carbocycles. The van der Waals surface area contributed by atoms with Gasteiger partial charge in [-0.05, 0) is 26.7 Å². The Morgan fingerprint density at radius 3 is 2.75 bits per heavy atom. The summed E-state index contributed by atoms with van der Waals surface area (Å²) < 4.78 is 0. The number of nitrogens with one attached hydrogen (secondary N) is 2. The molecule has 1 aliphatic carbocycles. The molecule has 0 aliphatic heterocycles. The van der Waals surface area contributed by atoms with Crippen LogP contribution in [0.5, 0.6) is 0 Å². The topological polar surface area (TPSA) is 75.9 Å². The van der Waals surface area contributed by atoms with Crippen LogP contribution in [0.2, 0.25) is 0 Å². The zero-order valence-corrected chi connectivity index (χ0v) is 9.83. The molecule has 0 spiro atoms. The van der Waals surface area contributed by atoms with Gasteiger partial charge in [-0.25, -0.2) is 9.97 Å². The highest BCUT2D eigenvalue weighted by molar-refractivity contribution is 5.49. The lowest BCUT2D eigenvalue weighted by atomic mass is 10.3. The molecule has 1 aliphatic rings. The van der Waals surface area contributed by atoms with Crippen molar-refractivity contribution in [2.45, 2.75) is 38.8 Å². The van der Waals surface area contributed by atoms with Gasteiger partial charge in [0.1, 0.15) is 17.5 Å². The van der Waals surface area contributed by atoms with E-state index in [1.165, 1.54) is 12.8 Å². The Kier molecular flexibility index (Phi) is 3.24. The Bertz CT molecular complexity index is 361. The third kappa shape index (κ3) is 3.06. The van der Waals surface area contributed by atoms with Crippen LogP contribution in [0.3, 0.4) is 0 Å². The molecule has 1 saturated carbocycles. The van der Waals surface area contributed by atoms with Gasteiger partial charge in [0.15, 0.2) is 0 Å². The number of hydrogen-bond acceptors (Lipinski definition) is 5. The second-order valence-electron chi connectivity index (χ2n) is 4.39. The van der Waals surface area contributed by atoms with Gasteiger partial charge < -0.3 is 16.4 Å². The van der Waals surface area contributed by atoms with Crippen molar-refractivity contribution in [2.75, 3.05) is 17.2 Å². The first-order chi connectivity index (χ1) is 7.67. The van der Waals surface area contributed by atoms with Gasteiger partial charge in [-0.3, -0.25) is 0 Å². The van der Waals surface area contributed by atoms with E-state index in [2.05, 4.69) is 20.6 Å². The molecule has 5 nitrogen and oxygen atoms in total. The molecule has 0 saturated heterocycles. The molecule has 1 atom stereocenters. The number of nitrogens with zero attached hydrogens (tertiary/aromatic N) is 2. The van der Waals surface area contributed by atoms with Crippen LogP contribution in [0.4, 0.5) is 11.6 Å². The monoisotopic (exact) mass is 221 g/mol. The van der Waals surface area contributed by atoms with Crippen molar-refractivity contribution in [1.82, 2.24) is 9.97 Å². The molecule has 1 aromatic rings. The highest BCUT2D eigenvalue weighted by atomic mass is 15.1. The molecule has 1 unspecified atom stereocenters. The van der Waals surface area contributed by atoms with Crippen molar-refractivity contribution in [3.63, 3.8) is 0 Å². The number of hydrogen-bond donors (Lipinski definition) is 3. The van der Waals surface area contributed by atoms with Gasteiger partial charge >= 0.3 is 0 Å². The lowest BCUT2D eigenvalue weighted by Crippen LogP contribution is -2.26. The minimum absolute atomic E-state index is 0.225. The second-order valence-corrected chi connectivity index (χ2v) is 4.39. The van der Waals surface area contributed by atoms with Gasteiger partial charge in [0, 0.05) is 24.7 Å². The molecular formula is C11H19N5. The average molecular weight is 221 g/mol. The smallest absolute Gasteiger partial charge is 0.132 e. The largest absolute Gasteiger partial charge is 0.367 e. The summed E-state index contributed by atoms with van der Waals surface area (Å²) in [7, 11) is 0. The minimum Gasteiger partial charge on any atom is -0.367 e. The third-order valence-corrected chi connectivity index (χ3v) is 2.52. The first-order valence-corrected chi connectivity index (χ1v) is 5.76. The first-order valence-electron chi connectivity index (χ1n) is 5.76. The van der Waals surface area contributed by atoms with Crippen molar-refractivity contribution >= 4 is 11.6 Å². The van der Waals surface area contributed by atoms with Gasteiger partial charge in [-0.15, -0.1) is 0 Å². The van der Waals surface area contributed by atoms with Crippen LogP contribution >= 0.6 is 0 Å². The maximum Gasteiger partial charge on any atom is 0.132 e. The van der Waals surface area contributed by atoms with Crippen molar-refractivity contribution in [1.29, 1.82) is 0 Å². The maximum atomic E-state index is 5.57. The van der Waals surface area contributed by atoms with Crippen LogP contribution in [0, 0.1) is 6.92 Å². The summed E-state index contributed by atoms with van der Waals surface area (Å²) >= 11 is 0. The predicted molar refractivity (Wildman–Crippen MR) is 65.6 cm³/mol. The molecule has 1 heterocycles. The van der Waals surface area contributed by atoms with Gasteiger partial charge in [0.2, 0.25) is 0 Å². The number of aromatic nitrogens is 2. The van der Waals surface area contributed by atoms with E-state index in [0.29, 0.717) is 12.6 Å². The number of nitrogens with two attached hydrogens (primary N) is 1. The Labute approximate surface area is 95.9 Å². The summed E-state index contributed by atoms with van der Waals surface area (Å²) in [5.74, 6) is 2.52. The van der Waals surface area contributed by atoms with Crippen molar-refractivity contribution < 1.29 is 0 Å². The molecule has 0 amide bonds. The number of aryl methyl sites for hydroxylation is 1. The van der Waals surface area contributed by atoms with E-state index in [4.69, 9.17) is 5.73 Å². The van der Waals surface area contributed by atoms with E-state index in [9.17, 15) is 0 Å². The first kappa shape index (κ1) is 11.1. The molecule has 5 heteroatoms. The highest BCUT2D eigenvalue weighted by Gasteiger charge is 2.21. The summed E-state index contributed by atoms with van der Waals surface area (Å²) in [5.41, 5.74) is 5.57. The summed E-state index contributed by atoms with van der Waals surface area (Å²) in [4.78, 5) is 8.69. The van der Waals surface area contributed by atoms with E-state index >= 15 is 0 Å². The second kappa shape index (κ2) is 4.65. The normalized spacial score (nSPS) is 16.9. The van der Waals surface area contributed by atoms with Crippen LogP contribution in [-0.4, -0.2) is 28.6 Å². The van der Waals surface area contributed by atoms with Crippen molar-refractivity contribution in [2.24, 2.45) is 5.73 Å². The summed E-state index contributed by atoms with van der Waals surface area (Å²) in [6.07, 6.45) is 2.48. The van der Waals surface area contributed by atoms with E-state index in [1.807, 2.05) is 19.9 Å². The van der Waals surface area contributed by atoms with Crippen LogP contribution < -0.4 is 16.4 Å². The summed E-state index contributed by atoms with van der Waals surface area (Å²) in [6, 6.07) is 2.77. The van der Waals surface area contributed by atoms with Gasteiger partial charge in [0.25, 0.3) is 0 Å². The molecule has 16 heavy (non-hydrogen) atoms. The fourth-order valence-electron chi connectivity index (χ4n) is 1.46. The van der Waals surface area contributed by atoms with Gasteiger partial charge in [-0.2, -0.15) is 0 Å². The molecular weight excluding hydrogens is 202 g/mol. The summed E-state index contributed by atoms with van der Waals surface area (Å²) in [6.45, 7) is 4.52. The van der Waals surface area contributed by atoms with Crippen LogP contribution in [-0.2, 0) is 0 Å². The lowest BCUT2D eigenvalue weighted by Gasteiger charge is -2.13. The summed E-state index contributed by atoms with van der Waals surface area (Å²) in [5, 5.41) is 6.62. The fraction of sp³-hybridized carbons (Fsp3) is 0.636. The zero-order chi connectivity index (χ0) is 11.5. The third-order valence-electron chi connectivity index (χ3n) is 2.52. The maximum absolute atomic E-state index is 5.57. The van der Waals surface area contributed by atoms with Crippen LogP contribution in [0.15, 0.2) is 6.07 Å². The molecule has 1 fully saturated rings.